The molecule has 3 amide bonds. The van der Waals surface area contributed by atoms with Gasteiger partial charge >= 0.3 is 11.4 Å². The van der Waals surface area contributed by atoms with Gasteiger partial charge in [0, 0.05) is 85.7 Å². The van der Waals surface area contributed by atoms with E-state index in [1.165, 1.54) is 32.5 Å². The second kappa shape index (κ2) is 24.7. The Labute approximate surface area is 368 Å². The Hall–Kier alpha value is -3.79. The molecule has 2 aromatic carbocycles. The monoisotopic (exact) mass is 867 g/mol. The third-order valence-electron chi connectivity index (χ3n) is 12.7. The number of piperidine rings is 2. The number of nitrogens with one attached hydrogen (secondary N) is 3. The molecule has 61 heavy (non-hydrogen) atoms. The number of carbonyl (C=O) groups excluding carboxylic acids is 4. The highest BCUT2D eigenvalue weighted by molar-refractivity contribution is 6.62. The summed E-state index contributed by atoms with van der Waals surface area (Å²) in [5, 5.41) is 10.3. The number of anilines is 2. The minimum Gasteiger partial charge on any atom is -0.379 e. The van der Waals surface area contributed by atoms with Gasteiger partial charge in [-0.15, -0.1) is 0 Å². The molecule has 0 aliphatic carbocycles. The Bertz CT molecular complexity index is 1680. The van der Waals surface area contributed by atoms with Crippen LogP contribution >= 0.6 is 11.6 Å². The number of morpholine rings is 2. The zero-order valence-corrected chi connectivity index (χ0v) is 37.5. The number of nitrogens with zero attached hydrogens (tertiary/aromatic N) is 4. The number of hydrogen-bond donors (Lipinski definition) is 4. The number of rotatable bonds is 1. The van der Waals surface area contributed by atoms with E-state index in [0.29, 0.717) is 65.4 Å². The Kier molecular flexibility index (Phi) is 19.6. The average Bonchev–Trinajstić information content (AvgIpc) is 3.75. The molecular weight excluding hydrogens is 796 g/mol. The molecule has 2 spiro atoms. The molecule has 15 heteroatoms. The molecule has 9 rings (SSSR count). The summed E-state index contributed by atoms with van der Waals surface area (Å²) in [5.74, 6) is 0.496. The first-order valence-corrected chi connectivity index (χ1v) is 23.1. The number of Topliss-reactive ketones (excluding diaryl/α,β-unsaturated/α-hetero) is 2. The lowest BCUT2D eigenvalue weighted by atomic mass is 9.83. The number of halogens is 1. The fraction of sp³-hybridized carbons (Fsp3) is 0.652. The highest BCUT2D eigenvalue weighted by Crippen LogP contribution is 2.37. The van der Waals surface area contributed by atoms with E-state index >= 15 is 0 Å². The van der Waals surface area contributed by atoms with Crippen molar-refractivity contribution in [1.29, 1.82) is 0 Å². The highest BCUT2D eigenvalue weighted by Gasteiger charge is 2.40. The molecule has 5 saturated heterocycles. The van der Waals surface area contributed by atoms with E-state index in [4.69, 9.17) is 26.8 Å². The number of carbonyl (C=O) groups is 4. The molecule has 14 nitrogen and oxygen atoms in total. The van der Waals surface area contributed by atoms with E-state index in [2.05, 4.69) is 27.8 Å². The minimum atomic E-state index is -0.377. The maximum absolute atomic E-state index is 12.7. The normalized spacial score (nSPS) is 21.7. The van der Waals surface area contributed by atoms with E-state index in [1.54, 1.807) is 4.90 Å². The van der Waals surface area contributed by atoms with Crippen LogP contribution in [0.25, 0.3) is 0 Å². The number of fused-ring (bicyclic) bond motifs is 2. The summed E-state index contributed by atoms with van der Waals surface area (Å²) in [5.41, 5.74) is 8.53. The standard InChI is InChI=1S/C19H25N3O3.C14H18N2O.C6H13N.C5H8ClNO2.C2H7N/c23-17-5-6-19(20-16-4-2-1-3-15(16)17)7-9-21(10-8-19)18(24)22-11-13-25-14-12-22;17-13-5-6-14(7-9-15-10-8-14)16-12-4-2-1-3-11(12)13;1-2-7-5-3-4-6-7;6-5(8)7-1-3-9-4-2-7;1-2-3/h1-4,20H,5-14H2;1-4,15-16H,5-10H2;2-6H2,1H3;1-4H2;2-3H2,1H3. The first kappa shape index (κ1) is 48.2. The van der Waals surface area contributed by atoms with Gasteiger partial charge in [0.15, 0.2) is 11.6 Å². The van der Waals surface area contributed by atoms with Gasteiger partial charge in [-0.05, 0) is 127 Å². The van der Waals surface area contributed by atoms with E-state index in [-0.39, 0.29) is 34.0 Å². The van der Waals surface area contributed by atoms with Crippen LogP contribution in [0, 0.1) is 0 Å². The Morgan fingerprint density at radius 2 is 1.07 bits per heavy atom. The highest BCUT2D eigenvalue weighted by atomic mass is 35.5. The molecule has 0 atom stereocenters. The Morgan fingerprint density at radius 3 is 1.49 bits per heavy atom. The van der Waals surface area contributed by atoms with E-state index < -0.39 is 0 Å². The van der Waals surface area contributed by atoms with Gasteiger partial charge in [0.1, 0.15) is 0 Å². The number of ether oxygens (including phenoxy) is 2. The summed E-state index contributed by atoms with van der Waals surface area (Å²) < 4.78 is 10.3. The maximum atomic E-state index is 12.7. The molecule has 5 fully saturated rings. The molecule has 0 radical (unpaired) electrons. The van der Waals surface area contributed by atoms with Gasteiger partial charge in [0.25, 0.3) is 0 Å². The molecule has 7 heterocycles. The molecule has 0 unspecified atom stereocenters. The van der Waals surface area contributed by atoms with Crippen molar-refractivity contribution in [2.24, 2.45) is 5.73 Å². The molecule has 338 valence electrons. The summed E-state index contributed by atoms with van der Waals surface area (Å²) in [4.78, 5) is 55.5. The lowest BCUT2D eigenvalue weighted by molar-refractivity contribution is 0.0394. The number of likely N-dealkylation sites (tertiary alicyclic amines) is 2. The van der Waals surface area contributed by atoms with Crippen molar-refractivity contribution in [2.45, 2.75) is 89.1 Å². The zero-order chi connectivity index (χ0) is 43.5. The smallest absolute Gasteiger partial charge is 0.320 e. The second-order valence-corrected chi connectivity index (χ2v) is 17.1. The summed E-state index contributed by atoms with van der Waals surface area (Å²) >= 11 is 5.19. The van der Waals surface area contributed by atoms with Crippen molar-refractivity contribution in [3.63, 3.8) is 0 Å². The van der Waals surface area contributed by atoms with Gasteiger partial charge in [-0.2, -0.15) is 0 Å². The van der Waals surface area contributed by atoms with Gasteiger partial charge in [0.2, 0.25) is 0 Å². The number of amides is 3. The quantitative estimate of drug-likeness (QED) is 0.188. The SMILES string of the molecule is CCN.CCN1CCCC1.O=C(Cl)N1CCOCC1.O=C1CCC2(CCN(C(=O)N3CCOCC3)CC2)Nc2ccccc21.O=C1CCC2(CCNCC2)Nc2ccccc21. The third-order valence-corrected chi connectivity index (χ3v) is 12.9. The number of ketones is 2. The number of urea groups is 1. The maximum Gasteiger partial charge on any atom is 0.320 e. The van der Waals surface area contributed by atoms with Crippen molar-refractivity contribution >= 4 is 45.9 Å². The van der Waals surface area contributed by atoms with Crippen molar-refractivity contribution in [1.82, 2.24) is 24.9 Å². The topological polar surface area (TPSA) is 162 Å². The molecule has 5 N–H and O–H groups in total. The number of benzene rings is 2. The Morgan fingerprint density at radius 1 is 0.639 bits per heavy atom. The van der Waals surface area contributed by atoms with Crippen LogP contribution in [0.15, 0.2) is 48.5 Å². The van der Waals surface area contributed by atoms with E-state index in [9.17, 15) is 19.2 Å². The van der Waals surface area contributed by atoms with E-state index in [0.717, 1.165) is 93.8 Å². The van der Waals surface area contributed by atoms with Crippen LogP contribution in [-0.2, 0) is 9.47 Å². The summed E-state index contributed by atoms with van der Waals surface area (Å²) in [7, 11) is 0. The van der Waals surface area contributed by atoms with Crippen LogP contribution in [0.2, 0.25) is 0 Å². The second-order valence-electron chi connectivity index (χ2n) is 16.8. The summed E-state index contributed by atoms with van der Waals surface area (Å²) in [6.45, 7) is 17.5. The summed E-state index contributed by atoms with van der Waals surface area (Å²) in [6, 6.07) is 15.8. The average molecular weight is 868 g/mol. The van der Waals surface area contributed by atoms with Crippen molar-refractivity contribution in [3.05, 3.63) is 59.7 Å². The van der Waals surface area contributed by atoms with Crippen molar-refractivity contribution in [2.75, 3.05) is 116 Å². The van der Waals surface area contributed by atoms with Crippen LogP contribution in [0.1, 0.15) is 98.8 Å². The van der Waals surface area contributed by atoms with Crippen LogP contribution < -0.4 is 21.7 Å². The lowest BCUT2D eigenvalue weighted by Gasteiger charge is -2.44. The molecule has 0 saturated carbocycles. The Balaban J connectivity index is 0.000000168. The number of para-hydroxylation sites is 2. The van der Waals surface area contributed by atoms with Gasteiger partial charge in [0.05, 0.1) is 26.4 Å². The van der Waals surface area contributed by atoms with Crippen LogP contribution in [0.3, 0.4) is 0 Å². The lowest BCUT2D eigenvalue weighted by Crippen LogP contribution is -2.55. The molecule has 0 aromatic heterocycles. The fourth-order valence-electron chi connectivity index (χ4n) is 8.92. The first-order valence-electron chi connectivity index (χ1n) is 22.7. The van der Waals surface area contributed by atoms with Crippen molar-refractivity contribution < 1.29 is 28.7 Å². The number of hydrogen-bond acceptors (Lipinski definition) is 11. The predicted octanol–water partition coefficient (Wildman–Crippen LogP) is 6.30. The number of nitrogens with two attached hydrogens (primary N) is 1. The van der Waals surface area contributed by atoms with Gasteiger partial charge in [-0.25, -0.2) is 4.79 Å². The van der Waals surface area contributed by atoms with Crippen LogP contribution in [0.4, 0.5) is 21.0 Å². The largest absolute Gasteiger partial charge is 0.379 e. The molecule has 2 aromatic rings. The molecule has 7 aliphatic heterocycles. The summed E-state index contributed by atoms with van der Waals surface area (Å²) in [6.07, 6.45) is 9.86. The van der Waals surface area contributed by atoms with Crippen molar-refractivity contribution in [3.8, 4) is 0 Å². The predicted molar refractivity (Wildman–Crippen MR) is 243 cm³/mol. The first-order chi connectivity index (χ1) is 29.6. The van der Waals surface area contributed by atoms with Gasteiger partial charge in [-0.3, -0.25) is 14.4 Å². The van der Waals surface area contributed by atoms with Crippen LogP contribution in [-0.4, -0.2) is 159 Å². The third kappa shape index (κ3) is 14.4. The van der Waals surface area contributed by atoms with E-state index in [1.807, 2.05) is 65.3 Å². The molecule has 7 aliphatic rings. The van der Waals surface area contributed by atoms with Gasteiger partial charge < -0.3 is 50.8 Å². The van der Waals surface area contributed by atoms with Crippen LogP contribution in [0.5, 0.6) is 0 Å². The van der Waals surface area contributed by atoms with Gasteiger partial charge in [-0.1, -0.05) is 38.1 Å². The molecular formula is C46H71ClN8O6. The zero-order valence-electron chi connectivity index (χ0n) is 36.7. The minimum absolute atomic E-state index is 0.0793. The fourth-order valence-corrected chi connectivity index (χ4v) is 9.08. The molecule has 0 bridgehead atoms.